The number of nitrogens with zero attached hydrogens (tertiary/aromatic N) is 5. The van der Waals surface area contributed by atoms with Crippen molar-refractivity contribution in [3.8, 4) is 10.6 Å². The molecule has 0 radical (unpaired) electrons. The first-order valence-corrected chi connectivity index (χ1v) is 14.3. The lowest BCUT2D eigenvalue weighted by molar-refractivity contribution is -0.119. The molecule has 3 aromatic heterocycles. The van der Waals surface area contributed by atoms with Crippen LogP contribution >= 0.6 is 11.3 Å². The van der Waals surface area contributed by atoms with E-state index in [0.29, 0.717) is 17.8 Å². The first kappa shape index (κ1) is 26.5. The number of carbonyl (C=O) groups excluding carboxylic acids is 1. The van der Waals surface area contributed by atoms with E-state index in [1.807, 2.05) is 20.8 Å². The van der Waals surface area contributed by atoms with Gasteiger partial charge in [-0.3, -0.25) is 4.79 Å². The minimum atomic E-state index is -0.648. The smallest absolute Gasteiger partial charge is 0.235 e. The number of hydrogen-bond donors (Lipinski definition) is 3. The highest BCUT2D eigenvalue weighted by molar-refractivity contribution is 7.15. The van der Waals surface area contributed by atoms with Gasteiger partial charge >= 0.3 is 0 Å². The van der Waals surface area contributed by atoms with Gasteiger partial charge in [-0.2, -0.15) is 0 Å². The molecule has 202 valence electrons. The number of pyridine rings is 1. The number of anilines is 3. The Labute approximate surface area is 228 Å². The van der Waals surface area contributed by atoms with Crippen molar-refractivity contribution in [1.82, 2.24) is 25.3 Å². The minimum Gasteiger partial charge on any atom is -0.382 e. The second-order valence-electron chi connectivity index (χ2n) is 11.1. The highest BCUT2D eigenvalue weighted by Crippen LogP contribution is 2.43. The standard InChI is InChI=1S/C28H38N8OS/c1-16(2)29-11-12-30-20-7-8-21(24-17(3)33-18(4)38-24)34-23(20)19-9-13-36(14-10-19)26-22-25(31-15-32-26)35-27(37)28(22,5)6/h7-8,15-16,19,29-30H,9-14H2,1-6H3,(H,31,32,35,37). The van der Waals surface area contributed by atoms with Crippen LogP contribution < -0.4 is 20.9 Å². The number of aryl methyl sites for hydroxylation is 2. The average molecular weight is 535 g/mol. The topological polar surface area (TPSA) is 108 Å². The largest absolute Gasteiger partial charge is 0.382 e. The summed E-state index contributed by atoms with van der Waals surface area (Å²) in [4.78, 5) is 34.8. The van der Waals surface area contributed by atoms with Gasteiger partial charge in [0.15, 0.2) is 0 Å². The van der Waals surface area contributed by atoms with Crippen LogP contribution in [-0.2, 0) is 10.2 Å². The molecule has 0 saturated carbocycles. The van der Waals surface area contributed by atoms with Gasteiger partial charge in [-0.25, -0.2) is 19.9 Å². The number of thiazole rings is 1. The van der Waals surface area contributed by atoms with Gasteiger partial charge in [-0.15, -0.1) is 11.3 Å². The summed E-state index contributed by atoms with van der Waals surface area (Å²) in [7, 11) is 0. The number of aromatic nitrogens is 4. The Bertz CT molecular complexity index is 1330. The Kier molecular flexibility index (Phi) is 7.37. The van der Waals surface area contributed by atoms with Gasteiger partial charge in [0.1, 0.15) is 18.0 Å². The fourth-order valence-corrected chi connectivity index (χ4v) is 6.31. The van der Waals surface area contributed by atoms with E-state index in [9.17, 15) is 4.79 Å². The Morgan fingerprint density at radius 2 is 1.89 bits per heavy atom. The highest BCUT2D eigenvalue weighted by atomic mass is 32.1. The predicted octanol–water partition coefficient (Wildman–Crippen LogP) is 4.64. The maximum atomic E-state index is 12.6. The van der Waals surface area contributed by atoms with Crippen molar-refractivity contribution in [3.63, 3.8) is 0 Å². The second-order valence-corrected chi connectivity index (χ2v) is 12.3. The van der Waals surface area contributed by atoms with Gasteiger partial charge in [0.2, 0.25) is 5.91 Å². The van der Waals surface area contributed by atoms with Crippen LogP contribution in [0.4, 0.5) is 17.3 Å². The van der Waals surface area contributed by atoms with Crippen LogP contribution in [0.15, 0.2) is 18.5 Å². The molecule has 0 bridgehead atoms. The van der Waals surface area contributed by atoms with Crippen LogP contribution in [0.2, 0.25) is 0 Å². The number of nitrogens with one attached hydrogen (secondary N) is 3. The average Bonchev–Trinajstić information content (AvgIpc) is 3.35. The Morgan fingerprint density at radius 3 is 2.58 bits per heavy atom. The molecule has 1 fully saturated rings. The van der Waals surface area contributed by atoms with E-state index < -0.39 is 5.41 Å². The lowest BCUT2D eigenvalue weighted by Crippen LogP contribution is -2.36. The van der Waals surface area contributed by atoms with Gasteiger partial charge < -0.3 is 20.9 Å². The zero-order valence-corrected chi connectivity index (χ0v) is 24.0. The molecule has 0 aromatic carbocycles. The van der Waals surface area contributed by atoms with Crippen molar-refractivity contribution >= 4 is 34.6 Å². The third-order valence-electron chi connectivity index (χ3n) is 7.49. The molecule has 0 atom stereocenters. The van der Waals surface area contributed by atoms with Gasteiger partial charge in [0.25, 0.3) is 0 Å². The molecular formula is C28H38N8OS. The van der Waals surface area contributed by atoms with Gasteiger partial charge in [-0.1, -0.05) is 13.8 Å². The zero-order valence-electron chi connectivity index (χ0n) is 23.2. The summed E-state index contributed by atoms with van der Waals surface area (Å²) in [5.74, 6) is 1.80. The van der Waals surface area contributed by atoms with E-state index in [2.05, 4.69) is 68.7 Å². The normalized spacial score (nSPS) is 17.1. The summed E-state index contributed by atoms with van der Waals surface area (Å²) in [5.41, 5.74) is 4.52. The van der Waals surface area contributed by atoms with Crippen molar-refractivity contribution in [1.29, 1.82) is 0 Å². The second kappa shape index (κ2) is 10.6. The van der Waals surface area contributed by atoms with Crippen LogP contribution in [0, 0.1) is 13.8 Å². The Morgan fingerprint density at radius 1 is 1.13 bits per heavy atom. The Hall–Kier alpha value is -3.11. The molecule has 10 heteroatoms. The minimum absolute atomic E-state index is 0.0265. The van der Waals surface area contributed by atoms with Crippen molar-refractivity contribution in [2.45, 2.75) is 71.8 Å². The third kappa shape index (κ3) is 5.11. The number of fused-ring (bicyclic) bond motifs is 1. The van der Waals surface area contributed by atoms with E-state index in [0.717, 1.165) is 83.1 Å². The molecule has 5 rings (SSSR count). The van der Waals surface area contributed by atoms with Crippen LogP contribution in [0.25, 0.3) is 10.6 Å². The highest BCUT2D eigenvalue weighted by Gasteiger charge is 2.43. The summed E-state index contributed by atoms with van der Waals surface area (Å²) in [6.45, 7) is 15.7. The third-order valence-corrected chi connectivity index (χ3v) is 8.58. The van der Waals surface area contributed by atoms with E-state index >= 15 is 0 Å². The molecule has 5 heterocycles. The van der Waals surface area contributed by atoms with Crippen LogP contribution in [-0.4, -0.2) is 58.1 Å². The van der Waals surface area contributed by atoms with Crippen molar-refractivity contribution in [2.24, 2.45) is 0 Å². The number of rotatable bonds is 8. The fraction of sp³-hybridized carbons (Fsp3) is 0.536. The molecule has 2 aliphatic rings. The SMILES string of the molecule is Cc1nc(C)c(-c2ccc(NCCNC(C)C)c(C3CCN(c4ncnc5c4C(C)(C)C(=O)N5)CC3)n2)s1. The monoisotopic (exact) mass is 534 g/mol. The van der Waals surface area contributed by atoms with E-state index in [-0.39, 0.29) is 5.91 Å². The lowest BCUT2D eigenvalue weighted by Gasteiger charge is -2.35. The molecule has 1 saturated heterocycles. The molecule has 3 aromatic rings. The maximum Gasteiger partial charge on any atom is 0.235 e. The molecule has 38 heavy (non-hydrogen) atoms. The summed E-state index contributed by atoms with van der Waals surface area (Å²) in [5, 5.41) is 11.1. The summed E-state index contributed by atoms with van der Waals surface area (Å²) in [6.07, 6.45) is 3.47. The van der Waals surface area contributed by atoms with Crippen LogP contribution in [0.3, 0.4) is 0 Å². The molecule has 0 unspecified atom stereocenters. The summed E-state index contributed by atoms with van der Waals surface area (Å²) < 4.78 is 0. The predicted molar refractivity (Wildman–Crippen MR) is 154 cm³/mol. The number of carbonyl (C=O) groups is 1. The van der Waals surface area contributed by atoms with Crippen LogP contribution in [0.5, 0.6) is 0 Å². The molecule has 3 N–H and O–H groups in total. The van der Waals surface area contributed by atoms with E-state index in [4.69, 9.17) is 4.98 Å². The quantitative estimate of drug-likeness (QED) is 0.359. The van der Waals surface area contributed by atoms with Crippen molar-refractivity contribution < 1.29 is 4.79 Å². The van der Waals surface area contributed by atoms with Crippen molar-refractivity contribution in [2.75, 3.05) is 41.7 Å². The first-order valence-electron chi connectivity index (χ1n) is 13.5. The van der Waals surface area contributed by atoms with E-state index in [1.54, 1.807) is 17.7 Å². The molecule has 9 nitrogen and oxygen atoms in total. The fourth-order valence-electron chi connectivity index (χ4n) is 5.42. The van der Waals surface area contributed by atoms with Gasteiger partial charge in [-0.05, 0) is 52.7 Å². The number of piperidine rings is 1. The number of amides is 1. The summed E-state index contributed by atoms with van der Waals surface area (Å²) >= 11 is 1.70. The molecule has 0 aliphatic carbocycles. The maximum absolute atomic E-state index is 12.6. The van der Waals surface area contributed by atoms with Crippen molar-refractivity contribution in [3.05, 3.63) is 40.4 Å². The molecular weight excluding hydrogens is 496 g/mol. The van der Waals surface area contributed by atoms with Gasteiger partial charge in [0, 0.05) is 38.1 Å². The summed E-state index contributed by atoms with van der Waals surface area (Å²) in [6, 6.07) is 4.76. The molecule has 2 aliphatic heterocycles. The first-order chi connectivity index (χ1) is 18.1. The zero-order chi connectivity index (χ0) is 27.0. The van der Waals surface area contributed by atoms with E-state index in [1.165, 1.54) is 0 Å². The van der Waals surface area contributed by atoms with Crippen LogP contribution in [0.1, 0.15) is 68.4 Å². The number of hydrogen-bond acceptors (Lipinski definition) is 9. The lowest BCUT2D eigenvalue weighted by atomic mass is 9.86. The molecule has 1 amide bonds. The molecule has 0 spiro atoms. The van der Waals surface area contributed by atoms with Gasteiger partial charge in [0.05, 0.1) is 43.6 Å². The Balaban J connectivity index is 1.39.